The second kappa shape index (κ2) is 8.71. The van der Waals surface area contributed by atoms with Crippen LogP contribution in [-0.4, -0.2) is 32.2 Å². The zero-order valence-electron chi connectivity index (χ0n) is 12.0. The van der Waals surface area contributed by atoms with Crippen LogP contribution in [0.1, 0.15) is 20.3 Å². The van der Waals surface area contributed by atoms with Crippen molar-refractivity contribution < 1.29 is 0 Å². The molecule has 104 valence electrons. The molecule has 4 N–H and O–H groups in total. The van der Waals surface area contributed by atoms with Gasteiger partial charge in [0.15, 0.2) is 0 Å². The minimum atomic E-state index is 0.439. The van der Waals surface area contributed by atoms with Crippen molar-refractivity contribution in [3.63, 3.8) is 0 Å². The number of rotatable bonds is 6. The molecule has 0 spiro atoms. The van der Waals surface area contributed by atoms with Gasteiger partial charge in [-0.15, -0.1) is 6.42 Å². The molecule has 0 aromatic rings. The van der Waals surface area contributed by atoms with Gasteiger partial charge >= 0.3 is 0 Å². The summed E-state index contributed by atoms with van der Waals surface area (Å²) >= 11 is 0. The van der Waals surface area contributed by atoms with Gasteiger partial charge in [-0.2, -0.15) is 0 Å². The molecule has 0 saturated heterocycles. The molecule has 19 heavy (non-hydrogen) atoms. The van der Waals surface area contributed by atoms with Crippen LogP contribution in [0.15, 0.2) is 34.9 Å². The SMILES string of the molecule is C#CC1=C(/C=C\C)CC(CNC/C(C)=C\CN)NC1. The molecule has 1 atom stereocenters. The van der Waals surface area contributed by atoms with E-state index in [0.717, 1.165) is 31.6 Å². The van der Waals surface area contributed by atoms with Crippen LogP contribution >= 0.6 is 0 Å². The Morgan fingerprint density at radius 1 is 1.63 bits per heavy atom. The van der Waals surface area contributed by atoms with Gasteiger partial charge in [0, 0.05) is 37.8 Å². The monoisotopic (exact) mass is 259 g/mol. The van der Waals surface area contributed by atoms with Crippen molar-refractivity contribution in [3.8, 4) is 12.3 Å². The van der Waals surface area contributed by atoms with E-state index in [4.69, 9.17) is 12.2 Å². The quantitative estimate of drug-likeness (QED) is 0.498. The van der Waals surface area contributed by atoms with Gasteiger partial charge in [-0.3, -0.25) is 0 Å². The summed E-state index contributed by atoms with van der Waals surface area (Å²) in [6, 6.07) is 0.439. The summed E-state index contributed by atoms with van der Waals surface area (Å²) in [6.45, 7) is 7.34. The van der Waals surface area contributed by atoms with Crippen molar-refractivity contribution in [2.45, 2.75) is 26.3 Å². The highest BCUT2D eigenvalue weighted by atomic mass is 15.0. The van der Waals surface area contributed by atoms with E-state index in [0.29, 0.717) is 12.6 Å². The lowest BCUT2D eigenvalue weighted by Gasteiger charge is -2.26. The number of hydrogen-bond donors (Lipinski definition) is 3. The van der Waals surface area contributed by atoms with E-state index in [1.54, 1.807) is 0 Å². The van der Waals surface area contributed by atoms with Gasteiger partial charge in [0.2, 0.25) is 0 Å². The standard InChI is InChI=1S/C16H25N3/c1-4-6-15-9-16(19-11-14(15)5-2)12-18-10-13(3)7-8-17/h2,4,6-7,16,18-19H,8-12,17H2,1,3H3/b6-4-,13-7-. The molecule has 1 aliphatic heterocycles. The molecule has 1 aliphatic rings. The molecule has 0 fully saturated rings. The summed E-state index contributed by atoms with van der Waals surface area (Å²) in [5.74, 6) is 2.77. The van der Waals surface area contributed by atoms with Crippen LogP contribution in [0, 0.1) is 12.3 Å². The van der Waals surface area contributed by atoms with E-state index in [9.17, 15) is 0 Å². The van der Waals surface area contributed by atoms with E-state index in [2.05, 4.69) is 35.6 Å². The second-order valence-electron chi connectivity index (χ2n) is 4.85. The molecule has 1 heterocycles. The van der Waals surface area contributed by atoms with Crippen molar-refractivity contribution >= 4 is 0 Å². The largest absolute Gasteiger partial charge is 0.327 e. The van der Waals surface area contributed by atoms with Crippen molar-refractivity contribution in [1.82, 2.24) is 10.6 Å². The van der Waals surface area contributed by atoms with Gasteiger partial charge < -0.3 is 16.4 Å². The molecule has 0 aliphatic carbocycles. The average Bonchev–Trinajstić information content (AvgIpc) is 2.40. The number of nitrogens with one attached hydrogen (secondary N) is 2. The van der Waals surface area contributed by atoms with Gasteiger partial charge in [-0.25, -0.2) is 0 Å². The van der Waals surface area contributed by atoms with Gasteiger partial charge in [0.25, 0.3) is 0 Å². The Hall–Kier alpha value is -1.34. The highest BCUT2D eigenvalue weighted by Crippen LogP contribution is 2.17. The van der Waals surface area contributed by atoms with Gasteiger partial charge in [-0.05, 0) is 25.8 Å². The summed E-state index contributed by atoms with van der Waals surface area (Å²) in [5, 5.41) is 6.92. The minimum absolute atomic E-state index is 0.439. The van der Waals surface area contributed by atoms with Crippen molar-refractivity contribution in [1.29, 1.82) is 0 Å². The van der Waals surface area contributed by atoms with Crippen molar-refractivity contribution in [2.75, 3.05) is 26.2 Å². The summed E-state index contributed by atoms with van der Waals surface area (Å²) in [7, 11) is 0. The maximum atomic E-state index is 5.53. The first-order valence-corrected chi connectivity index (χ1v) is 6.82. The number of nitrogens with two attached hydrogens (primary N) is 1. The molecule has 3 nitrogen and oxygen atoms in total. The lowest BCUT2D eigenvalue weighted by molar-refractivity contribution is 0.481. The maximum absolute atomic E-state index is 5.53. The molecule has 3 heteroatoms. The first-order valence-electron chi connectivity index (χ1n) is 6.82. The summed E-state index contributed by atoms with van der Waals surface area (Å²) in [6.07, 6.45) is 12.7. The molecule has 0 saturated carbocycles. The topological polar surface area (TPSA) is 50.1 Å². The zero-order chi connectivity index (χ0) is 14.1. The molecule has 0 aromatic heterocycles. The minimum Gasteiger partial charge on any atom is -0.327 e. The number of hydrogen-bond acceptors (Lipinski definition) is 3. The van der Waals surface area contributed by atoms with Crippen LogP contribution in [0.3, 0.4) is 0 Å². The van der Waals surface area contributed by atoms with Gasteiger partial charge in [0.1, 0.15) is 0 Å². The first kappa shape index (κ1) is 15.7. The predicted octanol–water partition coefficient (Wildman–Crippen LogP) is 1.35. The lowest BCUT2D eigenvalue weighted by Crippen LogP contribution is -2.42. The Balaban J connectivity index is 2.45. The molecule has 0 bridgehead atoms. The highest BCUT2D eigenvalue weighted by Gasteiger charge is 2.17. The van der Waals surface area contributed by atoms with E-state index in [1.165, 1.54) is 11.1 Å². The normalized spacial score (nSPS) is 20.9. The smallest absolute Gasteiger partial charge is 0.0291 e. The third-order valence-electron chi connectivity index (χ3n) is 3.22. The Bertz CT molecular complexity index is 410. The van der Waals surface area contributed by atoms with Crippen molar-refractivity contribution in [3.05, 3.63) is 34.9 Å². The fraction of sp³-hybridized carbons (Fsp3) is 0.500. The fourth-order valence-corrected chi connectivity index (χ4v) is 2.20. The Labute approximate surface area is 117 Å². The maximum Gasteiger partial charge on any atom is 0.0291 e. The Kier molecular flexibility index (Phi) is 7.20. The summed E-state index contributed by atoms with van der Waals surface area (Å²) in [5.41, 5.74) is 9.12. The second-order valence-corrected chi connectivity index (χ2v) is 4.85. The average molecular weight is 259 g/mol. The number of terminal acetylenes is 1. The van der Waals surface area contributed by atoms with E-state index in [1.807, 2.05) is 13.0 Å². The summed E-state index contributed by atoms with van der Waals surface area (Å²) in [4.78, 5) is 0. The molecule has 0 amide bonds. The van der Waals surface area contributed by atoms with Crippen molar-refractivity contribution in [2.24, 2.45) is 5.73 Å². The van der Waals surface area contributed by atoms with Crippen LogP contribution in [0.25, 0.3) is 0 Å². The lowest BCUT2D eigenvalue weighted by atomic mass is 9.95. The fourth-order valence-electron chi connectivity index (χ4n) is 2.20. The highest BCUT2D eigenvalue weighted by molar-refractivity contribution is 5.40. The van der Waals surface area contributed by atoms with Gasteiger partial charge in [0.05, 0.1) is 0 Å². The van der Waals surface area contributed by atoms with E-state index in [-0.39, 0.29) is 0 Å². The molecule has 1 unspecified atom stereocenters. The van der Waals surface area contributed by atoms with Crippen LogP contribution in [0.2, 0.25) is 0 Å². The molecular formula is C16H25N3. The van der Waals surface area contributed by atoms with Crippen LogP contribution in [0.4, 0.5) is 0 Å². The van der Waals surface area contributed by atoms with Crippen LogP contribution in [0.5, 0.6) is 0 Å². The van der Waals surface area contributed by atoms with Crippen LogP contribution < -0.4 is 16.4 Å². The predicted molar refractivity (Wildman–Crippen MR) is 82.8 cm³/mol. The Morgan fingerprint density at radius 3 is 3.05 bits per heavy atom. The van der Waals surface area contributed by atoms with E-state index < -0.39 is 0 Å². The number of allylic oxidation sites excluding steroid dienone is 2. The third kappa shape index (κ3) is 5.44. The third-order valence-corrected chi connectivity index (χ3v) is 3.22. The first-order chi connectivity index (χ1) is 9.21. The summed E-state index contributed by atoms with van der Waals surface area (Å²) < 4.78 is 0. The molecular weight excluding hydrogens is 234 g/mol. The van der Waals surface area contributed by atoms with E-state index >= 15 is 0 Å². The molecule has 0 radical (unpaired) electrons. The Morgan fingerprint density at radius 2 is 2.42 bits per heavy atom. The molecule has 0 aromatic carbocycles. The molecule has 1 rings (SSSR count). The van der Waals surface area contributed by atoms with Gasteiger partial charge in [-0.1, -0.05) is 29.7 Å². The zero-order valence-corrected chi connectivity index (χ0v) is 12.0. The van der Waals surface area contributed by atoms with Crippen LogP contribution in [-0.2, 0) is 0 Å².